The molecule has 0 unspecified atom stereocenters. The van der Waals surface area contributed by atoms with Gasteiger partial charge in [-0.3, -0.25) is 9.59 Å². The number of nitrogens with zero attached hydrogens (tertiary/aromatic N) is 2. The minimum atomic E-state index is -0.364. The van der Waals surface area contributed by atoms with Gasteiger partial charge in [0.2, 0.25) is 11.8 Å². The minimum absolute atomic E-state index is 0.0365. The summed E-state index contributed by atoms with van der Waals surface area (Å²) in [7, 11) is 0. The second kappa shape index (κ2) is 12.1. The van der Waals surface area contributed by atoms with Crippen molar-refractivity contribution in [3.8, 4) is 10.4 Å². The van der Waals surface area contributed by atoms with E-state index in [9.17, 15) is 9.59 Å². The maximum Gasteiger partial charge on any atom is 0.243 e. The van der Waals surface area contributed by atoms with E-state index in [4.69, 9.17) is 0 Å². The molecule has 1 aliphatic carbocycles. The Bertz CT molecular complexity index is 981. The lowest BCUT2D eigenvalue weighted by atomic mass is 9.96. The average Bonchev–Trinajstić information content (AvgIpc) is 3.62. The van der Waals surface area contributed by atoms with Gasteiger partial charge in [0.1, 0.15) is 6.04 Å². The Hall–Kier alpha value is -2.25. The molecule has 1 saturated heterocycles. The van der Waals surface area contributed by atoms with Crippen LogP contribution in [0.1, 0.15) is 70.1 Å². The summed E-state index contributed by atoms with van der Waals surface area (Å²) in [6, 6.07) is 7.76. The molecule has 1 aliphatic heterocycles. The van der Waals surface area contributed by atoms with Crippen molar-refractivity contribution >= 4 is 23.2 Å². The number of likely N-dealkylation sites (tertiary alicyclic amines) is 1. The number of amides is 2. The van der Waals surface area contributed by atoms with Gasteiger partial charge < -0.3 is 15.5 Å². The Morgan fingerprint density at radius 2 is 1.86 bits per heavy atom. The van der Waals surface area contributed by atoms with Crippen molar-refractivity contribution in [2.24, 2.45) is 11.8 Å². The first kappa shape index (κ1) is 25.8. The van der Waals surface area contributed by atoms with E-state index in [0.29, 0.717) is 24.9 Å². The highest BCUT2D eigenvalue weighted by Gasteiger charge is 2.40. The molecule has 2 amide bonds. The van der Waals surface area contributed by atoms with Crippen molar-refractivity contribution in [3.63, 3.8) is 0 Å². The van der Waals surface area contributed by atoms with Gasteiger partial charge in [0.25, 0.3) is 0 Å². The third-order valence-corrected chi connectivity index (χ3v) is 8.47. The summed E-state index contributed by atoms with van der Waals surface area (Å²) >= 11 is 1.64. The van der Waals surface area contributed by atoms with E-state index < -0.39 is 0 Å². The number of hydrogen-bond donors (Lipinski definition) is 2. The van der Waals surface area contributed by atoms with Crippen molar-refractivity contribution in [1.29, 1.82) is 0 Å². The molecule has 6 nitrogen and oxygen atoms in total. The van der Waals surface area contributed by atoms with E-state index in [2.05, 4.69) is 53.7 Å². The molecule has 2 heterocycles. The second-order valence-corrected chi connectivity index (χ2v) is 11.4. The molecule has 35 heavy (non-hydrogen) atoms. The lowest BCUT2D eigenvalue weighted by Crippen LogP contribution is -2.54. The number of aryl methyl sites for hydroxylation is 1. The standard InChI is InChI=1S/C28H40N4O2S/c1-19(2)14-15-29-25(22-7-4-5-8-22)28(34)32-16-6-9-24(32)27(33)30-17-21-10-12-23(13-11-21)26-20(3)31-18-35-26/h10-13,18-19,22,24-25,29H,4-9,14-17H2,1-3H3,(H,30,33)/t24-,25-/m0/s1. The van der Waals surface area contributed by atoms with Gasteiger partial charge in [-0.2, -0.15) is 0 Å². The average molecular weight is 497 g/mol. The van der Waals surface area contributed by atoms with Crippen LogP contribution in [0.2, 0.25) is 0 Å². The molecule has 0 bridgehead atoms. The zero-order valence-electron chi connectivity index (χ0n) is 21.4. The fourth-order valence-electron chi connectivity index (χ4n) is 5.42. The van der Waals surface area contributed by atoms with E-state index in [-0.39, 0.29) is 23.9 Å². The van der Waals surface area contributed by atoms with Gasteiger partial charge in [-0.1, -0.05) is 51.0 Å². The quantitative estimate of drug-likeness (QED) is 0.490. The van der Waals surface area contributed by atoms with Crippen LogP contribution in [0.25, 0.3) is 10.4 Å². The van der Waals surface area contributed by atoms with Gasteiger partial charge in [0, 0.05) is 13.1 Å². The third-order valence-electron chi connectivity index (χ3n) is 7.49. The summed E-state index contributed by atoms with van der Waals surface area (Å²) in [5.74, 6) is 1.08. The third kappa shape index (κ3) is 6.50. The number of carbonyl (C=O) groups excluding carboxylic acids is 2. The molecule has 0 radical (unpaired) electrons. The molecule has 4 rings (SSSR count). The number of benzene rings is 1. The van der Waals surface area contributed by atoms with Crippen LogP contribution in [0.15, 0.2) is 29.8 Å². The summed E-state index contributed by atoms with van der Waals surface area (Å²) in [6.45, 7) is 8.44. The summed E-state index contributed by atoms with van der Waals surface area (Å²) in [5.41, 5.74) is 5.11. The Morgan fingerprint density at radius 1 is 1.11 bits per heavy atom. The molecule has 2 aliphatic rings. The number of hydrogen-bond acceptors (Lipinski definition) is 5. The highest BCUT2D eigenvalue weighted by Crippen LogP contribution is 2.31. The van der Waals surface area contributed by atoms with Gasteiger partial charge in [0.15, 0.2) is 0 Å². The predicted octanol–water partition coefficient (Wildman–Crippen LogP) is 4.92. The largest absolute Gasteiger partial charge is 0.350 e. The van der Waals surface area contributed by atoms with Gasteiger partial charge in [-0.05, 0) is 68.5 Å². The van der Waals surface area contributed by atoms with E-state index in [1.54, 1.807) is 11.3 Å². The van der Waals surface area contributed by atoms with Crippen LogP contribution in [0.5, 0.6) is 0 Å². The normalized spacial score (nSPS) is 19.4. The lowest BCUT2D eigenvalue weighted by Gasteiger charge is -2.32. The van der Waals surface area contributed by atoms with Crippen LogP contribution >= 0.6 is 11.3 Å². The zero-order valence-corrected chi connectivity index (χ0v) is 22.2. The van der Waals surface area contributed by atoms with E-state index in [0.717, 1.165) is 55.5 Å². The van der Waals surface area contributed by atoms with Crippen molar-refractivity contribution < 1.29 is 9.59 Å². The van der Waals surface area contributed by atoms with Crippen LogP contribution < -0.4 is 10.6 Å². The van der Waals surface area contributed by atoms with Gasteiger partial charge in [-0.15, -0.1) is 11.3 Å². The molecule has 190 valence electrons. The highest BCUT2D eigenvalue weighted by molar-refractivity contribution is 7.13. The maximum atomic E-state index is 13.7. The van der Waals surface area contributed by atoms with E-state index in [1.165, 1.54) is 17.7 Å². The first-order chi connectivity index (χ1) is 16.9. The summed E-state index contributed by atoms with van der Waals surface area (Å²) in [5, 5.41) is 6.68. The molecule has 2 atom stereocenters. The van der Waals surface area contributed by atoms with Crippen LogP contribution in [-0.2, 0) is 16.1 Å². The SMILES string of the molecule is Cc1ncsc1-c1ccc(CNC(=O)[C@@H]2CCCN2C(=O)[C@@H](NCCC(C)C)C2CCCC2)cc1. The van der Waals surface area contributed by atoms with Crippen LogP contribution in [0, 0.1) is 18.8 Å². The Morgan fingerprint density at radius 3 is 2.51 bits per heavy atom. The van der Waals surface area contributed by atoms with Crippen molar-refractivity contribution in [3.05, 3.63) is 41.0 Å². The van der Waals surface area contributed by atoms with Gasteiger partial charge in [-0.25, -0.2) is 4.98 Å². The number of nitrogens with one attached hydrogen (secondary N) is 2. The number of aromatic nitrogens is 1. The Labute approximate surface area is 213 Å². The van der Waals surface area contributed by atoms with E-state index in [1.807, 2.05) is 17.3 Å². The number of thiazole rings is 1. The zero-order chi connectivity index (χ0) is 24.8. The summed E-state index contributed by atoms with van der Waals surface area (Å²) in [4.78, 5) is 34.2. The number of carbonyl (C=O) groups is 2. The van der Waals surface area contributed by atoms with Gasteiger partial charge >= 0.3 is 0 Å². The molecule has 2 fully saturated rings. The number of rotatable bonds is 10. The molecule has 7 heteroatoms. The lowest BCUT2D eigenvalue weighted by molar-refractivity contribution is -0.141. The van der Waals surface area contributed by atoms with Crippen molar-refractivity contribution in [2.75, 3.05) is 13.1 Å². The van der Waals surface area contributed by atoms with Crippen LogP contribution in [0.4, 0.5) is 0 Å². The first-order valence-electron chi connectivity index (χ1n) is 13.2. The smallest absolute Gasteiger partial charge is 0.243 e. The monoisotopic (exact) mass is 496 g/mol. The molecule has 0 spiro atoms. The fraction of sp³-hybridized carbons (Fsp3) is 0.607. The highest BCUT2D eigenvalue weighted by atomic mass is 32.1. The predicted molar refractivity (Wildman–Crippen MR) is 142 cm³/mol. The molecule has 2 aromatic rings. The van der Waals surface area contributed by atoms with E-state index >= 15 is 0 Å². The van der Waals surface area contributed by atoms with Crippen molar-refractivity contribution in [1.82, 2.24) is 20.5 Å². The molecular formula is C28H40N4O2S. The van der Waals surface area contributed by atoms with Crippen LogP contribution in [0.3, 0.4) is 0 Å². The summed E-state index contributed by atoms with van der Waals surface area (Å²) in [6.07, 6.45) is 7.29. The second-order valence-electron chi connectivity index (χ2n) is 10.5. The Kier molecular flexibility index (Phi) is 8.95. The topological polar surface area (TPSA) is 74.3 Å². The maximum absolute atomic E-state index is 13.7. The van der Waals surface area contributed by atoms with Crippen molar-refractivity contribution in [2.45, 2.75) is 84.3 Å². The molecule has 1 aromatic carbocycles. The molecule has 2 N–H and O–H groups in total. The molecular weight excluding hydrogens is 456 g/mol. The first-order valence-corrected chi connectivity index (χ1v) is 14.1. The summed E-state index contributed by atoms with van der Waals surface area (Å²) < 4.78 is 0. The Balaban J connectivity index is 1.35. The molecule has 1 aromatic heterocycles. The molecule has 1 saturated carbocycles. The van der Waals surface area contributed by atoms with Crippen LogP contribution in [-0.4, -0.2) is 46.9 Å². The minimum Gasteiger partial charge on any atom is -0.350 e. The van der Waals surface area contributed by atoms with Gasteiger partial charge in [0.05, 0.1) is 22.1 Å². The fourth-order valence-corrected chi connectivity index (χ4v) is 6.23.